The molecule has 0 spiro atoms. The fraction of sp³-hybridized carbons (Fsp3) is 0.391. The normalized spacial score (nSPS) is 17.7. The Kier molecular flexibility index (Phi) is 11.7. The van der Waals surface area contributed by atoms with Crippen molar-refractivity contribution in [2.24, 2.45) is 11.8 Å². The van der Waals surface area contributed by atoms with Gasteiger partial charge in [0.25, 0.3) is 0 Å². The van der Waals surface area contributed by atoms with Crippen molar-refractivity contribution >= 4 is 23.7 Å². The van der Waals surface area contributed by atoms with Gasteiger partial charge in [0.2, 0.25) is 23.7 Å². The van der Waals surface area contributed by atoms with Crippen molar-refractivity contribution in [2.45, 2.75) is 91.4 Å². The number of aryl methyl sites for hydroxylation is 2. The van der Waals surface area contributed by atoms with E-state index in [0.717, 1.165) is 82.4 Å². The van der Waals surface area contributed by atoms with Crippen molar-refractivity contribution in [3.05, 3.63) is 108 Å². The van der Waals surface area contributed by atoms with E-state index in [-0.39, 0.29) is 35.7 Å². The third-order valence-electron chi connectivity index (χ3n) is 11.6. The minimum atomic E-state index is -0.451. The van der Waals surface area contributed by atoms with Gasteiger partial charge in [-0.2, -0.15) is 0 Å². The first kappa shape index (κ1) is 40.3. The van der Waals surface area contributed by atoms with Crippen molar-refractivity contribution in [3.8, 4) is 33.6 Å². The average molecular weight is 807 g/mol. The summed E-state index contributed by atoms with van der Waals surface area (Å²) in [6, 6.07) is 19.4. The summed E-state index contributed by atoms with van der Waals surface area (Å²) in [7, 11) is 0. The monoisotopic (exact) mass is 806 g/mol. The quantitative estimate of drug-likeness (QED) is 0.0898. The maximum Gasteiger partial charge on any atom is 0.246 e. The number of benzene rings is 2. The van der Waals surface area contributed by atoms with Gasteiger partial charge in [-0.15, -0.1) is 0 Å². The van der Waals surface area contributed by atoms with E-state index in [9.17, 15) is 9.59 Å². The number of carbonyl (C=O) groups is 2. The van der Waals surface area contributed by atoms with E-state index in [2.05, 4.69) is 89.1 Å². The lowest BCUT2D eigenvalue weighted by Gasteiger charge is -2.30. The van der Waals surface area contributed by atoms with Crippen LogP contribution < -0.4 is 10.6 Å². The number of likely N-dealkylation sites (tertiary alicyclic amines) is 2. The third-order valence-corrected chi connectivity index (χ3v) is 11.6. The summed E-state index contributed by atoms with van der Waals surface area (Å²) in [5.41, 5.74) is 7.74. The van der Waals surface area contributed by atoms with Crippen LogP contribution in [0.15, 0.2) is 85.5 Å². The number of nitrogens with zero attached hydrogens (tertiary/aromatic N) is 8. The van der Waals surface area contributed by atoms with Crippen LogP contribution in [0.25, 0.3) is 33.6 Å². The number of carbonyl (C=O) groups excluding carboxylic acids is 2. The Balaban J connectivity index is 0.910. The Morgan fingerprint density at radius 2 is 0.967 bits per heavy atom. The predicted molar refractivity (Wildman–Crippen MR) is 232 cm³/mol. The minimum absolute atomic E-state index is 0.0323. The zero-order chi connectivity index (χ0) is 41.9. The van der Waals surface area contributed by atoms with Gasteiger partial charge in [0.15, 0.2) is 0 Å². The highest BCUT2D eigenvalue weighted by molar-refractivity contribution is 5.86. The average Bonchev–Trinajstić information content (AvgIpc) is 4.09. The van der Waals surface area contributed by atoms with Gasteiger partial charge in [-0.25, -0.2) is 29.9 Å². The van der Waals surface area contributed by atoms with Crippen molar-refractivity contribution in [3.63, 3.8) is 0 Å². The van der Waals surface area contributed by atoms with E-state index in [1.54, 1.807) is 12.4 Å². The fourth-order valence-corrected chi connectivity index (χ4v) is 8.32. The fourth-order valence-electron chi connectivity index (χ4n) is 8.32. The van der Waals surface area contributed by atoms with Gasteiger partial charge in [-0.3, -0.25) is 9.59 Å². The number of hydrogen-bond acceptors (Lipinski definition) is 10. The van der Waals surface area contributed by atoms with E-state index >= 15 is 0 Å². The highest BCUT2D eigenvalue weighted by Crippen LogP contribution is 2.35. The van der Waals surface area contributed by atoms with Crippen molar-refractivity contribution in [1.82, 2.24) is 49.7 Å². The molecule has 14 nitrogen and oxygen atoms in total. The number of anilines is 2. The smallest absolute Gasteiger partial charge is 0.246 e. The van der Waals surface area contributed by atoms with Crippen molar-refractivity contribution in [1.29, 1.82) is 0 Å². The van der Waals surface area contributed by atoms with E-state index < -0.39 is 12.1 Å². The van der Waals surface area contributed by atoms with Crippen LogP contribution in [0.5, 0.6) is 0 Å². The maximum atomic E-state index is 13.9. The van der Waals surface area contributed by atoms with Crippen molar-refractivity contribution < 1.29 is 9.59 Å². The Morgan fingerprint density at radius 3 is 1.33 bits per heavy atom. The zero-order valence-corrected chi connectivity index (χ0v) is 35.2. The first-order valence-corrected chi connectivity index (χ1v) is 21.1. The van der Waals surface area contributed by atoms with E-state index in [1.807, 2.05) is 75.9 Å². The molecule has 0 aliphatic carbocycles. The van der Waals surface area contributed by atoms with E-state index in [1.165, 1.54) is 0 Å². The van der Waals surface area contributed by atoms with Crippen molar-refractivity contribution in [2.75, 3.05) is 23.7 Å². The topological polar surface area (TPSA) is 174 Å². The molecule has 2 aliphatic rings. The Labute approximate surface area is 351 Å². The molecule has 0 unspecified atom stereocenters. The lowest BCUT2D eigenvalue weighted by Crippen LogP contribution is -2.45. The Bertz CT molecular complexity index is 2250. The van der Waals surface area contributed by atoms with Gasteiger partial charge in [-0.1, -0.05) is 76.2 Å². The molecule has 4 atom stereocenters. The molecule has 4 N–H and O–H groups in total. The van der Waals surface area contributed by atoms with Gasteiger partial charge in [0.05, 0.1) is 35.9 Å². The van der Waals surface area contributed by atoms with Gasteiger partial charge < -0.3 is 30.4 Å². The number of hydrogen-bond donors (Lipinski definition) is 4. The molecule has 2 aromatic carbocycles. The molecule has 0 saturated carbocycles. The van der Waals surface area contributed by atoms with Crippen LogP contribution in [0.1, 0.15) is 88.5 Å². The maximum absolute atomic E-state index is 13.9. The molecule has 310 valence electrons. The third kappa shape index (κ3) is 8.63. The molecule has 0 bridgehead atoms. The number of imidazole rings is 2. The summed E-state index contributed by atoms with van der Waals surface area (Å²) in [5, 5.41) is 6.59. The highest BCUT2D eigenvalue weighted by Gasteiger charge is 2.38. The second kappa shape index (κ2) is 17.4. The first-order chi connectivity index (χ1) is 29.0. The summed E-state index contributed by atoms with van der Waals surface area (Å²) in [4.78, 5) is 66.0. The van der Waals surface area contributed by atoms with E-state index in [4.69, 9.17) is 9.97 Å². The Morgan fingerprint density at radius 1 is 0.583 bits per heavy atom. The van der Waals surface area contributed by atoms with Gasteiger partial charge in [-0.05, 0) is 85.8 Å². The highest BCUT2D eigenvalue weighted by atomic mass is 16.2. The molecular weight excluding hydrogens is 753 g/mol. The molecule has 60 heavy (non-hydrogen) atoms. The molecular formula is C46H54N12O2. The molecule has 6 heterocycles. The van der Waals surface area contributed by atoms with E-state index in [0.29, 0.717) is 25.0 Å². The summed E-state index contributed by atoms with van der Waals surface area (Å²) in [5.74, 6) is 2.67. The summed E-state index contributed by atoms with van der Waals surface area (Å²) < 4.78 is 0. The molecule has 6 aromatic rings. The predicted octanol–water partition coefficient (Wildman–Crippen LogP) is 7.93. The van der Waals surface area contributed by atoms with Gasteiger partial charge in [0, 0.05) is 36.9 Å². The summed E-state index contributed by atoms with van der Waals surface area (Å²) in [6.45, 7) is 13.3. The Hall–Kier alpha value is -6.44. The molecule has 2 aliphatic heterocycles. The summed E-state index contributed by atoms with van der Waals surface area (Å²) in [6.07, 6.45) is 10.6. The second-order valence-electron chi connectivity index (χ2n) is 16.7. The molecule has 8 rings (SSSR count). The standard InChI is InChI=1S/C46H54N12O2/c1-27(2)39(55-45-47-21-19-29(5)51-45)43(59)57-23-7-9-37(57)41-49-25-35(53-41)33-15-11-31(12-16-33)32-13-17-34(18-14-32)36-26-50-42(54-36)38-10-8-24-58(38)44(60)40(28(3)4)56-46-48-22-20-30(6)52-46/h11-22,25-28,37-40H,7-10,23-24H2,1-6H3,(H,49,53)(H,50,54)(H,47,51,55)(H,48,52,56)/t37-,38-,39-,40-/m0/s1. The van der Waals surface area contributed by atoms with Crippen LogP contribution in [0.4, 0.5) is 11.9 Å². The molecule has 4 aromatic heterocycles. The number of rotatable bonds is 13. The molecule has 2 amide bonds. The first-order valence-electron chi connectivity index (χ1n) is 21.1. The zero-order valence-electron chi connectivity index (χ0n) is 35.2. The lowest BCUT2D eigenvalue weighted by atomic mass is 10.0. The van der Waals surface area contributed by atoms with Gasteiger partial charge in [0.1, 0.15) is 23.7 Å². The largest absolute Gasteiger partial charge is 0.342 e. The van der Waals surface area contributed by atoms with Gasteiger partial charge >= 0.3 is 0 Å². The van der Waals surface area contributed by atoms with Crippen LogP contribution in [0.3, 0.4) is 0 Å². The lowest BCUT2D eigenvalue weighted by molar-refractivity contribution is -0.134. The molecule has 14 heteroatoms. The second-order valence-corrected chi connectivity index (χ2v) is 16.7. The summed E-state index contributed by atoms with van der Waals surface area (Å²) >= 11 is 0. The number of nitrogens with one attached hydrogen (secondary N) is 4. The van der Waals surface area contributed by atoms with Crippen LogP contribution in [0, 0.1) is 25.7 Å². The number of aromatic nitrogens is 8. The minimum Gasteiger partial charge on any atom is -0.342 e. The number of H-pyrrole nitrogens is 2. The number of amides is 2. The SMILES string of the molecule is Cc1ccnc(N[C@H](C(=O)N2CCC[C@H]2c2ncc(-c3ccc(-c4ccc(-c5cnc([C@@H]6CCCN6C(=O)[C@@H](Nc6nccc(C)n6)C(C)C)[nH]5)cc4)cc3)[nH]2)C(C)C)n1. The van der Waals surface area contributed by atoms with Crippen LogP contribution >= 0.6 is 0 Å². The number of aromatic amines is 2. The molecule has 2 saturated heterocycles. The molecule has 0 radical (unpaired) electrons. The molecule has 2 fully saturated rings. The van der Waals surface area contributed by atoms with Crippen LogP contribution in [-0.2, 0) is 9.59 Å². The van der Waals surface area contributed by atoms with Crippen LogP contribution in [-0.4, -0.2) is 86.7 Å². The van der Waals surface area contributed by atoms with Crippen LogP contribution in [0.2, 0.25) is 0 Å².